The number of hydrogen-bond donors (Lipinski definition) is 1. The predicted molar refractivity (Wildman–Crippen MR) is 95.1 cm³/mol. The number of aliphatic hydroxyl groups is 1. The van der Waals surface area contributed by atoms with Crippen molar-refractivity contribution in [2.24, 2.45) is 11.8 Å². The average Bonchev–Trinajstić information content (AvgIpc) is 2.57. The Balaban J connectivity index is 2.00. The molecule has 0 aromatic heterocycles. The molecule has 23 heavy (non-hydrogen) atoms. The van der Waals surface area contributed by atoms with Crippen LogP contribution >= 0.6 is 0 Å². The highest BCUT2D eigenvalue weighted by molar-refractivity contribution is 5.25. The van der Waals surface area contributed by atoms with Gasteiger partial charge in [0.15, 0.2) is 0 Å². The number of likely N-dealkylation sites (tertiary alicyclic amines) is 1. The Bertz CT molecular complexity index is 610. The van der Waals surface area contributed by atoms with E-state index in [1.165, 1.54) is 11.1 Å². The molecule has 0 radical (unpaired) electrons. The van der Waals surface area contributed by atoms with Gasteiger partial charge in [0, 0.05) is 18.0 Å². The maximum Gasteiger partial charge on any atom is 0.0607 e. The van der Waals surface area contributed by atoms with Crippen molar-refractivity contribution in [1.29, 1.82) is 0 Å². The van der Waals surface area contributed by atoms with Crippen molar-refractivity contribution in [1.82, 2.24) is 4.90 Å². The highest BCUT2D eigenvalue weighted by Gasteiger charge is 2.43. The van der Waals surface area contributed by atoms with Crippen LogP contribution in [0.1, 0.15) is 43.5 Å². The van der Waals surface area contributed by atoms with E-state index < -0.39 is 0 Å². The molecular weight excluding hydrogens is 282 g/mol. The Labute approximate surface area is 139 Å². The lowest BCUT2D eigenvalue weighted by Crippen LogP contribution is -2.47. The van der Waals surface area contributed by atoms with Gasteiger partial charge in [-0.05, 0) is 30.5 Å². The standard InChI is InChI=1S/C21H27NO/c1-15(2)20-19(23)14-18(16-10-6-4-7-11-16)22(3)21(20)17-12-8-5-9-13-17/h4-13,15,18-21,23H,14H2,1-3H3/t18-,19-,20+,21-/m0/s1. The van der Waals surface area contributed by atoms with Crippen LogP contribution < -0.4 is 0 Å². The van der Waals surface area contributed by atoms with E-state index in [1.807, 2.05) is 6.07 Å². The fourth-order valence-electron chi connectivity index (χ4n) is 4.19. The smallest absolute Gasteiger partial charge is 0.0607 e. The lowest BCUT2D eigenvalue weighted by atomic mass is 9.73. The molecule has 0 aliphatic carbocycles. The summed E-state index contributed by atoms with van der Waals surface area (Å²) in [5.74, 6) is 0.691. The van der Waals surface area contributed by atoms with E-state index in [4.69, 9.17) is 0 Å². The Hall–Kier alpha value is -1.64. The number of piperidine rings is 1. The summed E-state index contributed by atoms with van der Waals surface area (Å²) in [6.07, 6.45) is 0.522. The van der Waals surface area contributed by atoms with Crippen LogP contribution in [0.4, 0.5) is 0 Å². The van der Waals surface area contributed by atoms with Gasteiger partial charge in [-0.1, -0.05) is 74.5 Å². The second kappa shape index (κ2) is 6.86. The van der Waals surface area contributed by atoms with E-state index in [9.17, 15) is 5.11 Å². The van der Waals surface area contributed by atoms with Gasteiger partial charge in [-0.2, -0.15) is 0 Å². The zero-order chi connectivity index (χ0) is 16.4. The molecule has 1 fully saturated rings. The van der Waals surface area contributed by atoms with Gasteiger partial charge in [0.05, 0.1) is 6.10 Å². The van der Waals surface area contributed by atoms with Crippen molar-refractivity contribution in [2.75, 3.05) is 7.05 Å². The van der Waals surface area contributed by atoms with Crippen molar-refractivity contribution in [2.45, 2.75) is 38.5 Å². The molecule has 0 saturated carbocycles. The Morgan fingerprint density at radius 2 is 1.43 bits per heavy atom. The third kappa shape index (κ3) is 3.19. The third-order valence-corrected chi connectivity index (χ3v) is 5.30. The molecule has 0 bridgehead atoms. The third-order valence-electron chi connectivity index (χ3n) is 5.30. The van der Waals surface area contributed by atoms with Gasteiger partial charge < -0.3 is 5.11 Å². The van der Waals surface area contributed by atoms with Crippen molar-refractivity contribution in [3.8, 4) is 0 Å². The van der Waals surface area contributed by atoms with Crippen molar-refractivity contribution in [3.63, 3.8) is 0 Å². The minimum absolute atomic E-state index is 0.241. The van der Waals surface area contributed by atoms with Crippen LogP contribution in [0.25, 0.3) is 0 Å². The van der Waals surface area contributed by atoms with Crippen LogP contribution in [0.2, 0.25) is 0 Å². The molecule has 1 heterocycles. The molecule has 3 rings (SSSR count). The molecule has 2 aromatic carbocycles. The highest BCUT2D eigenvalue weighted by Crippen LogP contribution is 2.46. The summed E-state index contributed by atoms with van der Waals surface area (Å²) in [4.78, 5) is 2.46. The molecule has 0 unspecified atom stereocenters. The molecule has 4 atom stereocenters. The summed E-state index contributed by atoms with van der Waals surface area (Å²) in [5, 5.41) is 10.9. The second-order valence-corrected chi connectivity index (χ2v) is 7.07. The minimum atomic E-state index is -0.276. The van der Waals surface area contributed by atoms with E-state index >= 15 is 0 Å². The van der Waals surface area contributed by atoms with E-state index in [-0.39, 0.29) is 24.1 Å². The van der Waals surface area contributed by atoms with Crippen molar-refractivity contribution in [3.05, 3.63) is 71.8 Å². The monoisotopic (exact) mass is 309 g/mol. The van der Waals surface area contributed by atoms with E-state index in [0.717, 1.165) is 6.42 Å². The van der Waals surface area contributed by atoms with Gasteiger partial charge in [-0.3, -0.25) is 4.90 Å². The fourth-order valence-corrected chi connectivity index (χ4v) is 4.19. The molecule has 0 amide bonds. The number of nitrogens with zero attached hydrogens (tertiary/aromatic N) is 1. The lowest BCUT2D eigenvalue weighted by Gasteiger charge is -2.49. The van der Waals surface area contributed by atoms with Gasteiger partial charge in [0.1, 0.15) is 0 Å². The fraction of sp³-hybridized carbons (Fsp3) is 0.429. The maximum absolute atomic E-state index is 10.9. The van der Waals surface area contributed by atoms with Crippen LogP contribution in [0, 0.1) is 11.8 Å². The maximum atomic E-state index is 10.9. The molecule has 0 spiro atoms. The first-order valence-electron chi connectivity index (χ1n) is 8.59. The SMILES string of the molecule is CC(C)[C@@H]1[C@@H](O)C[C@@H](c2ccccc2)N(C)[C@H]1c1ccccc1. The minimum Gasteiger partial charge on any atom is -0.393 e. The van der Waals surface area contributed by atoms with E-state index in [0.29, 0.717) is 5.92 Å². The van der Waals surface area contributed by atoms with Crippen LogP contribution in [0.3, 0.4) is 0 Å². The topological polar surface area (TPSA) is 23.5 Å². The summed E-state index contributed by atoms with van der Waals surface area (Å²) >= 11 is 0. The largest absolute Gasteiger partial charge is 0.393 e. The lowest BCUT2D eigenvalue weighted by molar-refractivity contribution is -0.0587. The molecular formula is C21H27NO. The Morgan fingerprint density at radius 1 is 0.913 bits per heavy atom. The van der Waals surface area contributed by atoms with Crippen LogP contribution in [0.5, 0.6) is 0 Å². The summed E-state index contributed by atoms with van der Waals surface area (Å²) < 4.78 is 0. The van der Waals surface area contributed by atoms with Crippen LogP contribution in [0.15, 0.2) is 60.7 Å². The number of hydrogen-bond acceptors (Lipinski definition) is 2. The number of rotatable bonds is 3. The molecule has 1 N–H and O–H groups in total. The summed E-state index contributed by atoms with van der Waals surface area (Å²) in [6, 6.07) is 21.7. The normalized spacial score (nSPS) is 28.9. The first-order chi connectivity index (χ1) is 11.1. The highest BCUT2D eigenvalue weighted by atomic mass is 16.3. The summed E-state index contributed by atoms with van der Waals surface area (Å²) in [7, 11) is 2.20. The molecule has 1 aliphatic rings. The zero-order valence-electron chi connectivity index (χ0n) is 14.3. The van der Waals surface area contributed by atoms with Gasteiger partial charge >= 0.3 is 0 Å². The average molecular weight is 309 g/mol. The second-order valence-electron chi connectivity index (χ2n) is 7.07. The Kier molecular flexibility index (Phi) is 4.84. The van der Waals surface area contributed by atoms with Crippen molar-refractivity contribution >= 4 is 0 Å². The van der Waals surface area contributed by atoms with Crippen LogP contribution in [-0.2, 0) is 0 Å². The van der Waals surface area contributed by atoms with Crippen molar-refractivity contribution < 1.29 is 5.11 Å². The Morgan fingerprint density at radius 3 is 1.96 bits per heavy atom. The quantitative estimate of drug-likeness (QED) is 0.906. The summed E-state index contributed by atoms with van der Waals surface area (Å²) in [5.41, 5.74) is 2.59. The molecule has 2 aromatic rings. The molecule has 2 heteroatoms. The van der Waals surface area contributed by atoms with Gasteiger partial charge in [0.25, 0.3) is 0 Å². The van der Waals surface area contributed by atoms with E-state index in [1.54, 1.807) is 0 Å². The van der Waals surface area contributed by atoms with E-state index in [2.05, 4.69) is 80.4 Å². The molecule has 1 aliphatic heterocycles. The van der Waals surface area contributed by atoms with Crippen LogP contribution in [-0.4, -0.2) is 23.2 Å². The molecule has 1 saturated heterocycles. The number of aliphatic hydroxyl groups excluding tert-OH is 1. The van der Waals surface area contributed by atoms with Gasteiger partial charge in [-0.25, -0.2) is 0 Å². The molecule has 122 valence electrons. The van der Waals surface area contributed by atoms with Gasteiger partial charge in [0.2, 0.25) is 0 Å². The zero-order valence-corrected chi connectivity index (χ0v) is 14.3. The predicted octanol–water partition coefficient (Wildman–Crippen LogP) is 4.44. The first kappa shape index (κ1) is 16.2. The molecule has 2 nitrogen and oxygen atoms in total. The van der Waals surface area contributed by atoms with Gasteiger partial charge in [-0.15, -0.1) is 0 Å². The number of benzene rings is 2. The first-order valence-corrected chi connectivity index (χ1v) is 8.59. The summed E-state index contributed by atoms with van der Waals surface area (Å²) in [6.45, 7) is 4.45.